The number of nitrogens with one attached hydrogen (secondary N) is 1. The molecule has 1 amide bonds. The zero-order valence-corrected chi connectivity index (χ0v) is 22.9. The number of rotatable bonds is 8. The monoisotopic (exact) mass is 582 g/mol. The molecule has 5 rings (SSSR count). The maximum Gasteiger partial charge on any atom is 0.416 e. The maximum atomic E-state index is 14.4. The second-order valence-electron chi connectivity index (χ2n) is 11.0. The van der Waals surface area contributed by atoms with Crippen LogP contribution in [0.4, 0.5) is 17.6 Å². The van der Waals surface area contributed by atoms with Crippen LogP contribution in [0.25, 0.3) is 0 Å². The molecular weight excluding hydrogens is 548 g/mol. The summed E-state index contributed by atoms with van der Waals surface area (Å²) >= 11 is 0. The molecule has 1 unspecified atom stereocenters. The van der Waals surface area contributed by atoms with Gasteiger partial charge in [-0.15, -0.1) is 0 Å². The number of halogens is 4. The van der Waals surface area contributed by atoms with Crippen LogP contribution in [0, 0.1) is 5.82 Å². The summed E-state index contributed by atoms with van der Waals surface area (Å²) in [6.07, 6.45) is -6.37. The number of hydrogen-bond donors (Lipinski definition) is 1. The van der Waals surface area contributed by atoms with E-state index in [0.717, 1.165) is 12.1 Å². The average Bonchev–Trinajstić information content (AvgIpc) is 3.25. The molecule has 0 bridgehead atoms. The molecule has 1 saturated carbocycles. The molecule has 12 heteroatoms. The number of fused-ring (bicyclic) bond motifs is 1. The van der Waals surface area contributed by atoms with Crippen molar-refractivity contribution in [3.63, 3.8) is 0 Å². The second-order valence-corrected chi connectivity index (χ2v) is 11.0. The van der Waals surface area contributed by atoms with Crippen LogP contribution in [0.5, 0.6) is 0 Å². The van der Waals surface area contributed by atoms with E-state index in [-0.39, 0.29) is 31.6 Å². The lowest BCUT2D eigenvalue weighted by molar-refractivity contribution is -0.188. The van der Waals surface area contributed by atoms with Crippen molar-refractivity contribution in [3.05, 3.63) is 71.0 Å². The molecule has 3 aliphatic rings. The molecule has 2 aliphatic heterocycles. The van der Waals surface area contributed by atoms with E-state index >= 15 is 0 Å². The first-order valence-corrected chi connectivity index (χ1v) is 13.6. The van der Waals surface area contributed by atoms with Gasteiger partial charge in [0.15, 0.2) is 11.4 Å². The number of hydrogen-bond acceptors (Lipinski definition) is 7. The van der Waals surface area contributed by atoms with Gasteiger partial charge in [-0.2, -0.15) is 13.2 Å². The molecule has 0 aromatic heterocycles. The van der Waals surface area contributed by atoms with Gasteiger partial charge in [0.05, 0.1) is 44.2 Å². The Bertz CT molecular complexity index is 1220. The van der Waals surface area contributed by atoms with E-state index in [1.54, 1.807) is 37.1 Å². The number of hydrazine groups is 1. The highest BCUT2D eigenvalue weighted by atomic mass is 19.4. The Kier molecular flexibility index (Phi) is 8.70. The summed E-state index contributed by atoms with van der Waals surface area (Å²) in [5.74, 6) is -1.88. The summed E-state index contributed by atoms with van der Waals surface area (Å²) in [6, 6.07) is 11.0. The predicted octanol–water partition coefficient (Wildman–Crippen LogP) is 4.36. The highest BCUT2D eigenvalue weighted by Gasteiger charge is 2.58. The lowest BCUT2D eigenvalue weighted by Gasteiger charge is -2.44. The molecular formula is C29H34F4N2O6. The van der Waals surface area contributed by atoms with Gasteiger partial charge >= 0.3 is 6.18 Å². The fourth-order valence-corrected chi connectivity index (χ4v) is 5.50. The minimum absolute atomic E-state index is 0.0111. The molecule has 2 aromatic rings. The molecule has 0 spiro atoms. The van der Waals surface area contributed by atoms with Crippen LogP contribution < -0.4 is 5.43 Å². The van der Waals surface area contributed by atoms with Crippen molar-refractivity contribution in [3.8, 4) is 0 Å². The van der Waals surface area contributed by atoms with Gasteiger partial charge in [0.25, 0.3) is 5.91 Å². The SMILES string of the molecule is CC1(C)O[C@@H]2C[C@@](OCc3cccc(C(F)(F)F)c3)(C(=O)NN3CCOCC3)CC(OCc3ccccc3F)[C@@H]2O1. The van der Waals surface area contributed by atoms with Crippen LogP contribution in [0.2, 0.25) is 0 Å². The molecule has 0 radical (unpaired) electrons. The van der Waals surface area contributed by atoms with E-state index in [1.807, 2.05) is 0 Å². The number of benzene rings is 2. The van der Waals surface area contributed by atoms with E-state index in [2.05, 4.69) is 5.43 Å². The van der Waals surface area contributed by atoms with Crippen molar-refractivity contribution in [2.24, 2.45) is 0 Å². The van der Waals surface area contributed by atoms with E-state index in [1.165, 1.54) is 18.2 Å². The van der Waals surface area contributed by atoms with Crippen LogP contribution in [0.15, 0.2) is 48.5 Å². The normalized spacial score (nSPS) is 28.3. The summed E-state index contributed by atoms with van der Waals surface area (Å²) in [5, 5.41) is 1.72. The van der Waals surface area contributed by atoms with Gasteiger partial charge in [-0.25, -0.2) is 9.40 Å². The number of carbonyl (C=O) groups excluding carboxylic acids is 1. The van der Waals surface area contributed by atoms with E-state index in [9.17, 15) is 22.4 Å². The number of ether oxygens (including phenoxy) is 5. The zero-order valence-electron chi connectivity index (χ0n) is 22.9. The van der Waals surface area contributed by atoms with Crippen molar-refractivity contribution < 1.29 is 46.0 Å². The second kappa shape index (κ2) is 11.9. The number of nitrogens with zero attached hydrogens (tertiary/aromatic N) is 1. The number of amides is 1. The zero-order chi connectivity index (χ0) is 29.3. The summed E-state index contributed by atoms with van der Waals surface area (Å²) in [7, 11) is 0. The molecule has 224 valence electrons. The smallest absolute Gasteiger partial charge is 0.379 e. The Hall–Kier alpha value is -2.61. The number of morpholine rings is 1. The minimum Gasteiger partial charge on any atom is -0.379 e. The van der Waals surface area contributed by atoms with Crippen molar-refractivity contribution in [2.45, 2.75) is 75.8 Å². The van der Waals surface area contributed by atoms with Gasteiger partial charge in [0.2, 0.25) is 0 Å². The molecule has 2 aromatic carbocycles. The van der Waals surface area contributed by atoms with E-state index in [4.69, 9.17) is 23.7 Å². The van der Waals surface area contributed by atoms with Gasteiger partial charge in [-0.3, -0.25) is 10.2 Å². The maximum absolute atomic E-state index is 14.4. The van der Waals surface area contributed by atoms with Crippen molar-refractivity contribution >= 4 is 5.91 Å². The summed E-state index contributed by atoms with van der Waals surface area (Å²) in [5.41, 5.74) is 1.14. The van der Waals surface area contributed by atoms with Gasteiger partial charge in [0.1, 0.15) is 11.9 Å². The van der Waals surface area contributed by atoms with Gasteiger partial charge < -0.3 is 23.7 Å². The predicted molar refractivity (Wildman–Crippen MR) is 138 cm³/mol. The fourth-order valence-electron chi connectivity index (χ4n) is 5.50. The first-order valence-electron chi connectivity index (χ1n) is 13.6. The molecule has 1 N–H and O–H groups in total. The Morgan fingerprint density at radius 3 is 2.54 bits per heavy atom. The van der Waals surface area contributed by atoms with Crippen molar-refractivity contribution in [2.75, 3.05) is 26.3 Å². The topological polar surface area (TPSA) is 78.5 Å². The van der Waals surface area contributed by atoms with Crippen LogP contribution in [-0.2, 0) is 47.9 Å². The average molecular weight is 583 g/mol. The van der Waals surface area contributed by atoms with Crippen LogP contribution in [0.1, 0.15) is 43.4 Å². The van der Waals surface area contributed by atoms with Gasteiger partial charge in [-0.05, 0) is 37.6 Å². The number of carbonyl (C=O) groups is 1. The van der Waals surface area contributed by atoms with Gasteiger partial charge in [-0.1, -0.05) is 30.3 Å². The quantitative estimate of drug-likeness (QED) is 0.464. The highest BCUT2D eigenvalue weighted by Crippen LogP contribution is 2.44. The molecule has 8 nitrogen and oxygen atoms in total. The molecule has 1 aliphatic carbocycles. The first kappa shape index (κ1) is 29.9. The molecule has 4 atom stereocenters. The first-order chi connectivity index (χ1) is 19.4. The Labute approximate surface area is 235 Å². The summed E-state index contributed by atoms with van der Waals surface area (Å²) in [6.45, 7) is 4.94. The van der Waals surface area contributed by atoms with Crippen molar-refractivity contribution in [1.82, 2.24) is 10.4 Å². The largest absolute Gasteiger partial charge is 0.416 e. The third kappa shape index (κ3) is 7.07. The summed E-state index contributed by atoms with van der Waals surface area (Å²) < 4.78 is 84.6. The van der Waals surface area contributed by atoms with Crippen LogP contribution in [0.3, 0.4) is 0 Å². The third-order valence-corrected chi connectivity index (χ3v) is 7.51. The standard InChI is InChI=1S/C29H34F4N2O6/c1-27(2)40-24-16-28(26(36)34-35-10-12-37-13-11-35,39-17-19-6-5-8-21(14-19)29(31,32)33)15-23(25(24)41-27)38-18-20-7-3-4-9-22(20)30/h3-9,14,23-25H,10-13,15-18H2,1-2H3,(H,34,36)/t23?,24-,25+,28-/m1/s1. The number of alkyl halides is 3. The molecule has 41 heavy (non-hydrogen) atoms. The summed E-state index contributed by atoms with van der Waals surface area (Å²) in [4.78, 5) is 13.9. The Balaban J connectivity index is 1.43. The molecule has 2 heterocycles. The molecule has 2 saturated heterocycles. The molecule has 3 fully saturated rings. The van der Waals surface area contributed by atoms with Crippen molar-refractivity contribution in [1.29, 1.82) is 0 Å². The lowest BCUT2D eigenvalue weighted by atomic mass is 9.78. The van der Waals surface area contributed by atoms with Crippen LogP contribution >= 0.6 is 0 Å². The Morgan fingerprint density at radius 1 is 1.05 bits per heavy atom. The van der Waals surface area contributed by atoms with Crippen LogP contribution in [-0.4, -0.2) is 66.9 Å². The fraction of sp³-hybridized carbons (Fsp3) is 0.552. The minimum atomic E-state index is -4.52. The van der Waals surface area contributed by atoms with E-state index < -0.39 is 53.2 Å². The van der Waals surface area contributed by atoms with Gasteiger partial charge in [0, 0.05) is 31.5 Å². The Morgan fingerprint density at radius 2 is 1.80 bits per heavy atom. The highest BCUT2D eigenvalue weighted by molar-refractivity contribution is 5.85. The van der Waals surface area contributed by atoms with E-state index in [0.29, 0.717) is 31.9 Å². The lowest BCUT2D eigenvalue weighted by Crippen LogP contribution is -2.63. The third-order valence-electron chi connectivity index (χ3n) is 7.51.